The van der Waals surface area contributed by atoms with E-state index in [-0.39, 0.29) is 11.4 Å². The van der Waals surface area contributed by atoms with Crippen LogP contribution in [0.5, 0.6) is 0 Å². The number of anilines is 1. The van der Waals surface area contributed by atoms with Gasteiger partial charge >= 0.3 is 0 Å². The lowest BCUT2D eigenvalue weighted by Crippen LogP contribution is -2.54. The molecular formula is C14H22N4O. The molecule has 0 saturated carbocycles. The third-order valence-electron chi connectivity index (χ3n) is 3.50. The van der Waals surface area contributed by atoms with Crippen molar-refractivity contribution in [2.75, 3.05) is 24.7 Å². The molecule has 1 aromatic heterocycles. The number of nitrogen functional groups attached to an aromatic ring is 1. The number of ether oxygens (including phenoxy) is 1. The van der Waals surface area contributed by atoms with E-state index >= 15 is 0 Å². The van der Waals surface area contributed by atoms with Crippen molar-refractivity contribution in [1.82, 2.24) is 4.98 Å². The van der Waals surface area contributed by atoms with E-state index in [1.807, 2.05) is 19.9 Å². The average molecular weight is 262 g/mol. The Bertz CT molecular complexity index is 510. The lowest BCUT2D eigenvalue weighted by molar-refractivity contribution is 0.0639. The van der Waals surface area contributed by atoms with Gasteiger partial charge in [-0.1, -0.05) is 0 Å². The van der Waals surface area contributed by atoms with E-state index in [4.69, 9.17) is 15.9 Å². The van der Waals surface area contributed by atoms with Gasteiger partial charge in [0.2, 0.25) is 0 Å². The topological polar surface area (TPSA) is 75.2 Å². The van der Waals surface area contributed by atoms with Crippen LogP contribution in [0.3, 0.4) is 0 Å². The molecule has 0 spiro atoms. The number of morpholine rings is 1. The first-order valence-electron chi connectivity index (χ1n) is 6.51. The number of nitrogens with zero attached hydrogens (tertiary/aromatic N) is 2. The summed E-state index contributed by atoms with van der Waals surface area (Å²) in [7, 11) is 0. The monoisotopic (exact) mass is 262 g/mol. The first-order valence-corrected chi connectivity index (χ1v) is 6.51. The highest BCUT2D eigenvalue weighted by Gasteiger charge is 2.33. The molecule has 1 aliphatic heterocycles. The summed E-state index contributed by atoms with van der Waals surface area (Å²) in [6, 6.07) is 1.97. The summed E-state index contributed by atoms with van der Waals surface area (Å²) in [6.07, 6.45) is 0. The first-order chi connectivity index (χ1) is 8.83. The van der Waals surface area contributed by atoms with Crippen LogP contribution in [0.2, 0.25) is 0 Å². The molecule has 0 atom stereocenters. The summed E-state index contributed by atoms with van der Waals surface area (Å²) in [4.78, 5) is 6.83. The molecule has 19 heavy (non-hydrogen) atoms. The van der Waals surface area contributed by atoms with Crippen LogP contribution in [0.15, 0.2) is 6.07 Å². The van der Waals surface area contributed by atoms with Crippen molar-refractivity contribution in [2.45, 2.75) is 33.2 Å². The highest BCUT2D eigenvalue weighted by molar-refractivity contribution is 6.01. The van der Waals surface area contributed by atoms with Crippen LogP contribution < -0.4 is 10.6 Å². The molecule has 0 unspecified atom stereocenters. The van der Waals surface area contributed by atoms with Crippen LogP contribution in [0, 0.1) is 19.3 Å². The average Bonchev–Trinajstić information content (AvgIpc) is 2.26. The van der Waals surface area contributed by atoms with Gasteiger partial charge in [0.1, 0.15) is 11.7 Å². The molecule has 0 aliphatic carbocycles. The van der Waals surface area contributed by atoms with Gasteiger partial charge in [0, 0.05) is 12.2 Å². The number of amidine groups is 1. The van der Waals surface area contributed by atoms with E-state index in [1.54, 1.807) is 0 Å². The van der Waals surface area contributed by atoms with Crippen LogP contribution in [0.25, 0.3) is 0 Å². The Labute approximate surface area is 114 Å². The van der Waals surface area contributed by atoms with Gasteiger partial charge in [0.15, 0.2) is 0 Å². The maximum absolute atomic E-state index is 7.82. The fourth-order valence-electron chi connectivity index (χ4n) is 2.60. The van der Waals surface area contributed by atoms with E-state index < -0.39 is 0 Å². The Morgan fingerprint density at radius 3 is 2.74 bits per heavy atom. The van der Waals surface area contributed by atoms with Crippen molar-refractivity contribution in [1.29, 1.82) is 5.41 Å². The predicted molar refractivity (Wildman–Crippen MR) is 77.0 cm³/mol. The predicted octanol–water partition coefficient (Wildman–Crippen LogP) is 1.60. The van der Waals surface area contributed by atoms with E-state index in [0.717, 1.165) is 29.2 Å². The van der Waals surface area contributed by atoms with Crippen molar-refractivity contribution in [3.63, 3.8) is 0 Å². The maximum atomic E-state index is 7.82. The molecule has 0 radical (unpaired) electrons. The molecule has 0 amide bonds. The summed E-state index contributed by atoms with van der Waals surface area (Å²) in [6.45, 7) is 10.3. The molecule has 1 aliphatic rings. The number of nitrogens with one attached hydrogen (secondary N) is 1. The number of aryl methyl sites for hydroxylation is 2. The van der Waals surface area contributed by atoms with Crippen molar-refractivity contribution in [3.8, 4) is 0 Å². The smallest absolute Gasteiger partial charge is 0.140 e. The molecule has 2 rings (SSSR count). The Balaban J connectivity index is 2.57. The molecule has 5 heteroatoms. The molecule has 1 fully saturated rings. The van der Waals surface area contributed by atoms with Gasteiger partial charge < -0.3 is 15.4 Å². The van der Waals surface area contributed by atoms with Gasteiger partial charge in [-0.3, -0.25) is 5.41 Å². The molecule has 0 aromatic carbocycles. The Hall–Kier alpha value is -1.62. The van der Waals surface area contributed by atoms with Gasteiger partial charge in [-0.05, 0) is 39.3 Å². The number of hydrogen-bond acceptors (Lipinski definition) is 4. The number of pyridine rings is 1. The van der Waals surface area contributed by atoms with Crippen LogP contribution in [0.1, 0.15) is 30.7 Å². The summed E-state index contributed by atoms with van der Waals surface area (Å²) in [5, 5.41) is 7.82. The number of nitrogens with two attached hydrogens (primary N) is 1. The quantitative estimate of drug-likeness (QED) is 0.627. The number of aromatic nitrogens is 1. The Morgan fingerprint density at radius 2 is 2.16 bits per heavy atom. The summed E-state index contributed by atoms with van der Waals surface area (Å²) >= 11 is 0. The summed E-state index contributed by atoms with van der Waals surface area (Å²) in [5.41, 5.74) is 8.28. The standard InChI is InChI=1S/C14H22N4O/c1-9-7-10(2)17-13(11(9)12(15)16)18-5-6-19-8-14(18,3)4/h7H,5-6,8H2,1-4H3,(H3,15,16). The van der Waals surface area contributed by atoms with Gasteiger partial charge in [-0.2, -0.15) is 0 Å². The second kappa shape index (κ2) is 4.81. The number of rotatable bonds is 2. The fourth-order valence-corrected chi connectivity index (χ4v) is 2.60. The van der Waals surface area contributed by atoms with Gasteiger partial charge in [-0.25, -0.2) is 4.98 Å². The first kappa shape index (κ1) is 13.8. The minimum Gasteiger partial charge on any atom is -0.384 e. The SMILES string of the molecule is Cc1cc(C)c(C(=N)N)c(N2CCOCC2(C)C)n1. The third kappa shape index (κ3) is 2.56. The zero-order valence-corrected chi connectivity index (χ0v) is 12.1. The molecule has 2 heterocycles. The summed E-state index contributed by atoms with van der Waals surface area (Å²) in [5.74, 6) is 0.876. The van der Waals surface area contributed by atoms with Crippen molar-refractivity contribution >= 4 is 11.7 Å². The maximum Gasteiger partial charge on any atom is 0.140 e. The second-order valence-electron chi connectivity index (χ2n) is 5.71. The minimum absolute atomic E-state index is 0.0716. The molecule has 5 nitrogen and oxygen atoms in total. The zero-order valence-electron chi connectivity index (χ0n) is 12.1. The normalized spacial score (nSPS) is 18.4. The lowest BCUT2D eigenvalue weighted by atomic mass is 9.99. The summed E-state index contributed by atoms with van der Waals surface area (Å²) < 4.78 is 5.54. The van der Waals surface area contributed by atoms with Crippen molar-refractivity contribution in [2.24, 2.45) is 5.73 Å². The van der Waals surface area contributed by atoms with Crippen molar-refractivity contribution in [3.05, 3.63) is 22.9 Å². The molecule has 3 N–H and O–H groups in total. The zero-order chi connectivity index (χ0) is 14.2. The van der Waals surface area contributed by atoms with E-state index in [2.05, 4.69) is 23.7 Å². The van der Waals surface area contributed by atoms with Crippen LogP contribution in [-0.2, 0) is 4.74 Å². The van der Waals surface area contributed by atoms with Crippen LogP contribution in [0.4, 0.5) is 5.82 Å². The van der Waals surface area contributed by atoms with Crippen molar-refractivity contribution < 1.29 is 4.74 Å². The Morgan fingerprint density at radius 1 is 1.47 bits per heavy atom. The molecule has 1 aromatic rings. The Kier molecular flexibility index (Phi) is 3.49. The van der Waals surface area contributed by atoms with E-state index in [0.29, 0.717) is 13.2 Å². The molecule has 0 bridgehead atoms. The van der Waals surface area contributed by atoms with E-state index in [1.165, 1.54) is 0 Å². The second-order valence-corrected chi connectivity index (χ2v) is 5.71. The van der Waals surface area contributed by atoms with Gasteiger partial charge in [0.25, 0.3) is 0 Å². The van der Waals surface area contributed by atoms with Gasteiger partial charge in [-0.15, -0.1) is 0 Å². The highest BCUT2D eigenvalue weighted by atomic mass is 16.5. The minimum atomic E-state index is -0.143. The van der Waals surface area contributed by atoms with E-state index in [9.17, 15) is 0 Å². The molecule has 1 saturated heterocycles. The van der Waals surface area contributed by atoms with Crippen LogP contribution in [-0.4, -0.2) is 36.1 Å². The van der Waals surface area contributed by atoms with Gasteiger partial charge in [0.05, 0.1) is 24.3 Å². The highest BCUT2D eigenvalue weighted by Crippen LogP contribution is 2.30. The fraction of sp³-hybridized carbons (Fsp3) is 0.571. The van der Waals surface area contributed by atoms with Crippen LogP contribution >= 0.6 is 0 Å². The molecular weight excluding hydrogens is 240 g/mol. The molecule has 104 valence electrons. The number of hydrogen-bond donors (Lipinski definition) is 2. The third-order valence-corrected chi connectivity index (χ3v) is 3.50. The lowest BCUT2D eigenvalue weighted by Gasteiger charge is -2.43. The largest absolute Gasteiger partial charge is 0.384 e.